The smallest absolute Gasteiger partial charge is 0.264 e. The van der Waals surface area contributed by atoms with Gasteiger partial charge in [0.15, 0.2) is 0 Å². The number of hydrogen-bond acceptors (Lipinski definition) is 6. The third-order valence-electron chi connectivity index (χ3n) is 5.56. The zero-order valence-electron chi connectivity index (χ0n) is 19.0. The fourth-order valence-electron chi connectivity index (χ4n) is 3.85. The second-order valence-corrected chi connectivity index (χ2v) is 9.55. The van der Waals surface area contributed by atoms with E-state index in [4.69, 9.17) is 11.5 Å². The van der Waals surface area contributed by atoms with Crippen LogP contribution in [0.15, 0.2) is 64.3 Å². The molecule has 36 heavy (non-hydrogen) atoms. The third-order valence-corrected chi connectivity index (χ3v) is 6.96. The lowest BCUT2D eigenvalue weighted by molar-refractivity contribution is 0.0999. The van der Waals surface area contributed by atoms with E-state index in [0.29, 0.717) is 17.8 Å². The second kappa shape index (κ2) is 9.38. The quantitative estimate of drug-likeness (QED) is 0.346. The molecular weight excluding hydrogens is 492 g/mol. The molecule has 0 bridgehead atoms. The highest BCUT2D eigenvalue weighted by molar-refractivity contribution is 7.92. The summed E-state index contributed by atoms with van der Waals surface area (Å²) in [6.45, 7) is 2.07. The summed E-state index contributed by atoms with van der Waals surface area (Å²) in [6.07, 6.45) is 0.141. The number of aryl methyl sites for hydroxylation is 1. The van der Waals surface area contributed by atoms with E-state index >= 15 is 0 Å². The van der Waals surface area contributed by atoms with Crippen LogP contribution in [0.1, 0.15) is 28.5 Å². The first kappa shape index (κ1) is 24.8. The fourth-order valence-corrected chi connectivity index (χ4v) is 5.00. The molecule has 9 nitrogen and oxygen atoms in total. The van der Waals surface area contributed by atoms with Gasteiger partial charge < -0.3 is 16.0 Å². The number of benzene rings is 2. The minimum Gasteiger partial charge on any atom is -0.384 e. The van der Waals surface area contributed by atoms with Crippen molar-refractivity contribution in [2.75, 3.05) is 10.5 Å². The Labute approximate surface area is 204 Å². The van der Waals surface area contributed by atoms with Crippen molar-refractivity contribution in [2.24, 2.45) is 5.73 Å². The fraction of sp³-hybridized carbons (Fsp3) is 0.125. The molecule has 2 heterocycles. The van der Waals surface area contributed by atoms with E-state index in [2.05, 4.69) is 9.71 Å². The van der Waals surface area contributed by atoms with E-state index < -0.39 is 37.9 Å². The number of rotatable bonds is 7. The molecule has 0 spiro atoms. The van der Waals surface area contributed by atoms with Gasteiger partial charge in [-0.2, -0.15) is 0 Å². The van der Waals surface area contributed by atoms with E-state index in [9.17, 15) is 26.8 Å². The molecular formula is C24H21F2N5O4S. The van der Waals surface area contributed by atoms with Crippen LogP contribution >= 0.6 is 0 Å². The van der Waals surface area contributed by atoms with Gasteiger partial charge in [-0.15, -0.1) is 0 Å². The number of nitrogen functional groups attached to an aromatic ring is 1. The highest BCUT2D eigenvalue weighted by Crippen LogP contribution is 2.24. The Kier molecular flexibility index (Phi) is 6.46. The van der Waals surface area contributed by atoms with E-state index in [1.165, 1.54) is 34.9 Å². The summed E-state index contributed by atoms with van der Waals surface area (Å²) in [4.78, 5) is 28.3. The van der Waals surface area contributed by atoms with Crippen molar-refractivity contribution in [3.8, 4) is 0 Å². The van der Waals surface area contributed by atoms with Crippen molar-refractivity contribution >= 4 is 38.5 Å². The maximum absolute atomic E-state index is 14.8. The van der Waals surface area contributed by atoms with Gasteiger partial charge in [0.25, 0.3) is 15.9 Å². The minimum absolute atomic E-state index is 0.0929. The molecule has 186 valence electrons. The Morgan fingerprint density at radius 3 is 2.44 bits per heavy atom. The maximum Gasteiger partial charge on any atom is 0.264 e. The Morgan fingerprint density at radius 1 is 1.08 bits per heavy atom. The van der Waals surface area contributed by atoms with Crippen LogP contribution in [0.25, 0.3) is 11.0 Å². The first-order valence-corrected chi connectivity index (χ1v) is 12.2. The van der Waals surface area contributed by atoms with Crippen LogP contribution in [0.5, 0.6) is 0 Å². The van der Waals surface area contributed by atoms with Crippen LogP contribution in [0.3, 0.4) is 0 Å². The van der Waals surface area contributed by atoms with E-state index in [1.54, 1.807) is 13.0 Å². The molecule has 4 aromatic rings. The van der Waals surface area contributed by atoms with Crippen LogP contribution in [-0.2, 0) is 23.0 Å². The predicted octanol–water partition coefficient (Wildman–Crippen LogP) is 2.77. The van der Waals surface area contributed by atoms with Crippen LogP contribution in [0.2, 0.25) is 0 Å². The zero-order chi connectivity index (χ0) is 26.2. The SMILES string of the molecule is CCn1c(N)c(C(N)=O)c(=O)c2ccc(Cc3ccc(NS(=O)(=O)c4ccccc4F)c(F)c3)nc21. The number of halogens is 2. The molecule has 0 aliphatic heterocycles. The van der Waals surface area contributed by atoms with Crippen molar-refractivity contribution in [2.45, 2.75) is 24.8 Å². The molecule has 0 saturated carbocycles. The molecule has 12 heteroatoms. The van der Waals surface area contributed by atoms with E-state index in [-0.39, 0.29) is 34.5 Å². The molecule has 2 aromatic carbocycles. The van der Waals surface area contributed by atoms with Gasteiger partial charge in [0.2, 0.25) is 5.43 Å². The Bertz CT molecular complexity index is 1690. The number of hydrogen-bond donors (Lipinski definition) is 3. The highest BCUT2D eigenvalue weighted by Gasteiger charge is 2.21. The maximum atomic E-state index is 14.8. The van der Waals surface area contributed by atoms with Gasteiger partial charge in [0, 0.05) is 18.7 Å². The van der Waals surface area contributed by atoms with Crippen LogP contribution in [0.4, 0.5) is 20.3 Å². The summed E-state index contributed by atoms with van der Waals surface area (Å²) in [7, 11) is -4.34. The number of anilines is 2. The van der Waals surface area contributed by atoms with Crippen LogP contribution in [-0.4, -0.2) is 23.9 Å². The molecule has 5 N–H and O–H groups in total. The summed E-state index contributed by atoms with van der Waals surface area (Å²) < 4.78 is 57.1. The number of fused-ring (bicyclic) bond motifs is 1. The monoisotopic (exact) mass is 513 g/mol. The van der Waals surface area contributed by atoms with Gasteiger partial charge in [0.1, 0.15) is 33.6 Å². The van der Waals surface area contributed by atoms with Gasteiger partial charge in [-0.05, 0) is 48.9 Å². The number of sulfonamides is 1. The molecule has 0 atom stereocenters. The molecule has 2 aromatic heterocycles. The Morgan fingerprint density at radius 2 is 1.81 bits per heavy atom. The minimum atomic E-state index is -4.34. The number of carbonyl (C=O) groups is 1. The van der Waals surface area contributed by atoms with Crippen molar-refractivity contribution < 1.29 is 22.0 Å². The predicted molar refractivity (Wildman–Crippen MR) is 131 cm³/mol. The average Bonchev–Trinajstić information content (AvgIpc) is 2.81. The molecule has 4 rings (SSSR count). The van der Waals surface area contributed by atoms with Crippen molar-refractivity contribution in [1.82, 2.24) is 9.55 Å². The molecule has 0 aliphatic carbocycles. The molecule has 0 saturated heterocycles. The summed E-state index contributed by atoms with van der Waals surface area (Å²) in [5.74, 6) is -2.86. The number of nitrogens with one attached hydrogen (secondary N) is 1. The largest absolute Gasteiger partial charge is 0.384 e. The number of carbonyl (C=O) groups excluding carboxylic acids is 1. The summed E-state index contributed by atoms with van der Waals surface area (Å²) >= 11 is 0. The van der Waals surface area contributed by atoms with Gasteiger partial charge in [-0.25, -0.2) is 22.2 Å². The van der Waals surface area contributed by atoms with Gasteiger partial charge in [0.05, 0.1) is 11.1 Å². The van der Waals surface area contributed by atoms with Crippen LogP contribution < -0.4 is 21.6 Å². The highest BCUT2D eigenvalue weighted by atomic mass is 32.2. The number of nitrogens with zero attached hydrogens (tertiary/aromatic N) is 2. The first-order valence-electron chi connectivity index (χ1n) is 10.7. The number of amides is 1. The second-order valence-electron chi connectivity index (χ2n) is 7.90. The number of primary amides is 1. The molecule has 0 unspecified atom stereocenters. The normalized spacial score (nSPS) is 11.5. The molecule has 0 aliphatic rings. The van der Waals surface area contributed by atoms with Crippen molar-refractivity contribution in [3.05, 3.63) is 93.3 Å². The van der Waals surface area contributed by atoms with E-state index in [1.807, 2.05) is 0 Å². The lowest BCUT2D eigenvalue weighted by Gasteiger charge is -2.15. The average molecular weight is 514 g/mol. The standard InChI is InChI=1S/C24H21F2N5O4S/c1-2-31-22(27)20(23(28)33)21(32)15-9-8-14(29-24(15)31)11-13-7-10-18(17(26)12-13)30-36(34,35)19-6-4-3-5-16(19)25/h3-10,12,30H,2,11,27H2,1H3,(H2,28,33). The Balaban J connectivity index is 1.66. The van der Waals surface area contributed by atoms with Gasteiger partial charge in [-0.1, -0.05) is 18.2 Å². The van der Waals surface area contributed by atoms with Crippen molar-refractivity contribution in [3.63, 3.8) is 0 Å². The topological polar surface area (TPSA) is 150 Å². The first-order chi connectivity index (χ1) is 17.0. The van der Waals surface area contributed by atoms with Crippen LogP contribution in [0, 0.1) is 11.6 Å². The van der Waals surface area contributed by atoms with E-state index in [0.717, 1.165) is 18.2 Å². The lowest BCUT2D eigenvalue weighted by atomic mass is 10.1. The lowest BCUT2D eigenvalue weighted by Crippen LogP contribution is -2.28. The Hall–Kier alpha value is -4.32. The number of aromatic nitrogens is 2. The zero-order valence-corrected chi connectivity index (χ0v) is 19.8. The number of pyridine rings is 2. The van der Waals surface area contributed by atoms with Gasteiger partial charge >= 0.3 is 0 Å². The third kappa shape index (κ3) is 4.50. The molecule has 0 fully saturated rings. The summed E-state index contributed by atoms with van der Waals surface area (Å²) in [5.41, 5.74) is 11.2. The number of nitrogens with two attached hydrogens (primary N) is 2. The molecule has 0 radical (unpaired) electrons. The summed E-state index contributed by atoms with van der Waals surface area (Å²) in [5, 5.41) is 0.160. The van der Waals surface area contributed by atoms with Gasteiger partial charge in [-0.3, -0.25) is 14.3 Å². The van der Waals surface area contributed by atoms with Crippen molar-refractivity contribution in [1.29, 1.82) is 0 Å². The molecule has 1 amide bonds. The summed E-state index contributed by atoms with van der Waals surface area (Å²) in [6, 6.07) is 11.7.